The molecule has 6 heteroatoms. The normalized spacial score (nSPS) is 12.3. The molecule has 114 valence electrons. The Balaban J connectivity index is 1.89. The van der Waals surface area contributed by atoms with Crippen LogP contribution < -0.4 is 5.32 Å². The molecule has 0 aliphatic rings. The zero-order valence-electron chi connectivity index (χ0n) is 11.6. The van der Waals surface area contributed by atoms with Gasteiger partial charge in [0.15, 0.2) is 0 Å². The number of aliphatic hydroxyl groups is 1. The van der Waals surface area contributed by atoms with E-state index in [9.17, 15) is 15.0 Å². The van der Waals surface area contributed by atoms with Crippen molar-refractivity contribution in [3.8, 4) is 5.75 Å². The van der Waals surface area contributed by atoms with E-state index in [2.05, 4.69) is 10.3 Å². The topological polar surface area (TPSA) is 82.5 Å². The molecule has 0 radical (unpaired) electrons. The number of benzene rings is 1. The van der Waals surface area contributed by atoms with Crippen LogP contribution in [0.2, 0.25) is 5.02 Å². The average molecular weight is 319 g/mol. The summed E-state index contributed by atoms with van der Waals surface area (Å²) < 4.78 is 0. The highest BCUT2D eigenvalue weighted by molar-refractivity contribution is 6.31. The largest absolute Gasteiger partial charge is 0.506 e. The number of pyridine rings is 1. The maximum atomic E-state index is 11.7. The number of aromatic hydroxyl groups is 1. The van der Waals surface area contributed by atoms with E-state index in [-0.39, 0.29) is 18.2 Å². The molecule has 0 spiro atoms. The first-order chi connectivity index (χ1) is 10.6. The van der Waals surface area contributed by atoms with Crippen LogP contribution in [0.25, 0.3) is 6.08 Å². The Hall–Kier alpha value is -2.37. The van der Waals surface area contributed by atoms with Gasteiger partial charge in [-0.15, -0.1) is 0 Å². The maximum Gasteiger partial charge on any atom is 0.244 e. The van der Waals surface area contributed by atoms with Crippen LogP contribution >= 0.6 is 11.6 Å². The van der Waals surface area contributed by atoms with Crippen LogP contribution in [-0.4, -0.2) is 27.6 Å². The number of hydrogen-bond acceptors (Lipinski definition) is 4. The SMILES string of the molecule is O=C(/C=C/c1cncc(O)c1)NCC(O)c1ccccc1Cl. The molecule has 0 fully saturated rings. The van der Waals surface area contributed by atoms with Gasteiger partial charge in [0.2, 0.25) is 5.91 Å². The van der Waals surface area contributed by atoms with Gasteiger partial charge in [-0.3, -0.25) is 9.78 Å². The third-order valence-corrected chi connectivity index (χ3v) is 3.25. The lowest BCUT2D eigenvalue weighted by molar-refractivity contribution is -0.116. The Morgan fingerprint density at radius 3 is 2.86 bits per heavy atom. The molecular formula is C16H15ClN2O3. The minimum Gasteiger partial charge on any atom is -0.506 e. The van der Waals surface area contributed by atoms with E-state index < -0.39 is 6.10 Å². The molecule has 22 heavy (non-hydrogen) atoms. The number of carbonyl (C=O) groups excluding carboxylic acids is 1. The zero-order valence-corrected chi connectivity index (χ0v) is 12.4. The van der Waals surface area contributed by atoms with E-state index in [4.69, 9.17) is 11.6 Å². The fourth-order valence-electron chi connectivity index (χ4n) is 1.82. The van der Waals surface area contributed by atoms with E-state index in [1.807, 2.05) is 0 Å². The molecular weight excluding hydrogens is 304 g/mol. The summed E-state index contributed by atoms with van der Waals surface area (Å²) in [7, 11) is 0. The van der Waals surface area contributed by atoms with Crippen LogP contribution in [0.15, 0.2) is 48.8 Å². The first-order valence-electron chi connectivity index (χ1n) is 6.58. The molecule has 0 aliphatic carbocycles. The molecule has 0 bridgehead atoms. The first-order valence-corrected chi connectivity index (χ1v) is 6.96. The number of aliphatic hydroxyl groups excluding tert-OH is 1. The molecule has 1 unspecified atom stereocenters. The van der Waals surface area contributed by atoms with Crippen molar-refractivity contribution in [1.29, 1.82) is 0 Å². The van der Waals surface area contributed by atoms with E-state index in [1.54, 1.807) is 24.3 Å². The summed E-state index contributed by atoms with van der Waals surface area (Å²) in [6.45, 7) is 0.0468. The van der Waals surface area contributed by atoms with Gasteiger partial charge in [-0.25, -0.2) is 0 Å². The molecule has 1 aromatic heterocycles. The van der Waals surface area contributed by atoms with Crippen LogP contribution in [0, 0.1) is 0 Å². The quantitative estimate of drug-likeness (QED) is 0.739. The average Bonchev–Trinajstić information content (AvgIpc) is 2.51. The van der Waals surface area contributed by atoms with Crippen molar-refractivity contribution in [3.63, 3.8) is 0 Å². The van der Waals surface area contributed by atoms with Crippen molar-refractivity contribution in [2.75, 3.05) is 6.54 Å². The Kier molecular flexibility index (Phi) is 5.52. The molecule has 1 aromatic carbocycles. The summed E-state index contributed by atoms with van der Waals surface area (Å²) in [5.74, 6) is -0.342. The minimum atomic E-state index is -0.881. The molecule has 1 atom stereocenters. The van der Waals surface area contributed by atoms with Crippen molar-refractivity contribution in [3.05, 3.63) is 65.0 Å². The molecule has 1 heterocycles. The maximum absolute atomic E-state index is 11.7. The second-order valence-electron chi connectivity index (χ2n) is 4.59. The van der Waals surface area contributed by atoms with Crippen molar-refractivity contribution in [1.82, 2.24) is 10.3 Å². The van der Waals surface area contributed by atoms with Crippen LogP contribution in [0.1, 0.15) is 17.2 Å². The van der Waals surface area contributed by atoms with Gasteiger partial charge in [0.25, 0.3) is 0 Å². The van der Waals surface area contributed by atoms with Gasteiger partial charge < -0.3 is 15.5 Å². The smallest absolute Gasteiger partial charge is 0.244 e. The number of halogens is 1. The zero-order chi connectivity index (χ0) is 15.9. The highest BCUT2D eigenvalue weighted by Crippen LogP contribution is 2.21. The van der Waals surface area contributed by atoms with E-state index in [0.29, 0.717) is 16.1 Å². The summed E-state index contributed by atoms with van der Waals surface area (Å²) >= 11 is 5.97. The van der Waals surface area contributed by atoms with E-state index in [1.165, 1.54) is 30.6 Å². The van der Waals surface area contributed by atoms with Crippen LogP contribution in [0.4, 0.5) is 0 Å². The van der Waals surface area contributed by atoms with Crippen molar-refractivity contribution >= 4 is 23.6 Å². The highest BCUT2D eigenvalue weighted by atomic mass is 35.5. The summed E-state index contributed by atoms with van der Waals surface area (Å²) in [6.07, 6.45) is 4.76. The third-order valence-electron chi connectivity index (χ3n) is 2.91. The predicted octanol–water partition coefficient (Wildman–Crippen LogP) is 2.30. The lowest BCUT2D eigenvalue weighted by Gasteiger charge is -2.12. The minimum absolute atomic E-state index is 0.0247. The molecule has 2 aromatic rings. The molecule has 5 nitrogen and oxygen atoms in total. The second kappa shape index (κ2) is 7.59. The molecule has 3 N–H and O–H groups in total. The number of hydrogen-bond donors (Lipinski definition) is 3. The third kappa shape index (κ3) is 4.58. The van der Waals surface area contributed by atoms with Gasteiger partial charge in [-0.1, -0.05) is 29.8 Å². The van der Waals surface area contributed by atoms with Gasteiger partial charge in [-0.05, 0) is 23.8 Å². The summed E-state index contributed by atoms with van der Waals surface area (Å²) in [5.41, 5.74) is 1.16. The van der Waals surface area contributed by atoms with Gasteiger partial charge in [-0.2, -0.15) is 0 Å². The first kappa shape index (κ1) is 16.0. The Labute approximate surface area is 132 Å². The lowest BCUT2D eigenvalue weighted by atomic mass is 10.1. The van der Waals surface area contributed by atoms with Gasteiger partial charge in [0, 0.05) is 29.4 Å². The van der Waals surface area contributed by atoms with E-state index in [0.717, 1.165) is 0 Å². The predicted molar refractivity (Wildman–Crippen MR) is 84.4 cm³/mol. The number of rotatable bonds is 5. The van der Waals surface area contributed by atoms with Crippen LogP contribution in [0.5, 0.6) is 5.75 Å². The van der Waals surface area contributed by atoms with Crippen molar-refractivity contribution < 1.29 is 15.0 Å². The Morgan fingerprint density at radius 2 is 2.14 bits per heavy atom. The summed E-state index contributed by atoms with van der Waals surface area (Å²) in [6, 6.07) is 8.39. The molecule has 2 rings (SSSR count). The number of amides is 1. The van der Waals surface area contributed by atoms with Gasteiger partial charge in [0.1, 0.15) is 5.75 Å². The molecule has 0 saturated carbocycles. The second-order valence-corrected chi connectivity index (χ2v) is 5.00. The van der Waals surface area contributed by atoms with Crippen LogP contribution in [0.3, 0.4) is 0 Å². The Bertz CT molecular complexity index is 689. The summed E-state index contributed by atoms with van der Waals surface area (Å²) in [5, 5.41) is 22.3. The van der Waals surface area contributed by atoms with E-state index >= 15 is 0 Å². The lowest BCUT2D eigenvalue weighted by Crippen LogP contribution is -2.26. The molecule has 0 aliphatic heterocycles. The summed E-state index contributed by atoms with van der Waals surface area (Å²) in [4.78, 5) is 15.5. The fraction of sp³-hybridized carbons (Fsp3) is 0.125. The highest BCUT2D eigenvalue weighted by Gasteiger charge is 2.11. The van der Waals surface area contributed by atoms with Gasteiger partial charge in [0.05, 0.1) is 12.3 Å². The fourth-order valence-corrected chi connectivity index (χ4v) is 2.08. The number of carbonyl (C=O) groups is 1. The Morgan fingerprint density at radius 1 is 1.36 bits per heavy atom. The molecule has 1 amide bonds. The monoisotopic (exact) mass is 318 g/mol. The number of nitrogens with zero attached hydrogens (tertiary/aromatic N) is 1. The molecule has 0 saturated heterocycles. The number of aromatic nitrogens is 1. The van der Waals surface area contributed by atoms with Crippen molar-refractivity contribution in [2.45, 2.75) is 6.10 Å². The standard InChI is InChI=1S/C16H15ClN2O3/c17-14-4-2-1-3-13(14)15(21)10-19-16(22)6-5-11-7-12(20)9-18-8-11/h1-9,15,20-21H,10H2,(H,19,22)/b6-5+. The number of nitrogens with one attached hydrogen (secondary N) is 1. The van der Waals surface area contributed by atoms with Crippen LogP contribution in [-0.2, 0) is 4.79 Å². The van der Waals surface area contributed by atoms with Crippen molar-refractivity contribution in [2.24, 2.45) is 0 Å². The van der Waals surface area contributed by atoms with Gasteiger partial charge >= 0.3 is 0 Å².